The molecule has 2 rings (SSSR count). The van der Waals surface area contributed by atoms with Gasteiger partial charge >= 0.3 is 6.09 Å². The number of carbonyl (C=O) groups excluding carboxylic acids is 1. The molecule has 0 saturated carbocycles. The van der Waals surface area contributed by atoms with Gasteiger partial charge in [0.1, 0.15) is 6.10 Å². The van der Waals surface area contributed by atoms with Gasteiger partial charge in [-0.3, -0.25) is 0 Å². The standard InChI is InChI=1S/C13H18N2O2/c1-15-8-7-12(17-13(15)16)10-14-9-11-5-3-2-4-6-11/h2-6,12,14H,7-10H2,1H3/t12-/m0/s1. The van der Waals surface area contributed by atoms with E-state index < -0.39 is 0 Å². The van der Waals surface area contributed by atoms with Crippen LogP contribution in [0.25, 0.3) is 0 Å². The number of hydrogen-bond acceptors (Lipinski definition) is 3. The number of carbonyl (C=O) groups is 1. The van der Waals surface area contributed by atoms with Crippen molar-refractivity contribution < 1.29 is 9.53 Å². The lowest BCUT2D eigenvalue weighted by molar-refractivity contribution is 0.0333. The van der Waals surface area contributed by atoms with Crippen LogP contribution in [0.15, 0.2) is 30.3 Å². The van der Waals surface area contributed by atoms with Gasteiger partial charge in [0.05, 0.1) is 0 Å². The molecule has 0 aromatic heterocycles. The van der Waals surface area contributed by atoms with E-state index in [0.29, 0.717) is 6.54 Å². The number of cyclic esters (lactones) is 1. The van der Waals surface area contributed by atoms with Crippen molar-refractivity contribution in [3.8, 4) is 0 Å². The summed E-state index contributed by atoms with van der Waals surface area (Å²) in [5, 5.41) is 3.31. The Morgan fingerprint density at radius 1 is 1.41 bits per heavy atom. The average Bonchev–Trinajstić information content (AvgIpc) is 2.35. The molecule has 92 valence electrons. The van der Waals surface area contributed by atoms with Crippen LogP contribution in [-0.4, -0.2) is 37.2 Å². The lowest BCUT2D eigenvalue weighted by Crippen LogP contribution is -2.43. The third-order valence-corrected chi connectivity index (χ3v) is 2.91. The zero-order valence-electron chi connectivity index (χ0n) is 10.1. The maximum atomic E-state index is 11.3. The summed E-state index contributed by atoms with van der Waals surface area (Å²) in [6.45, 7) is 2.30. The Morgan fingerprint density at radius 3 is 2.88 bits per heavy atom. The Hall–Kier alpha value is -1.55. The molecular weight excluding hydrogens is 216 g/mol. The van der Waals surface area contributed by atoms with E-state index in [4.69, 9.17) is 4.74 Å². The van der Waals surface area contributed by atoms with Crippen molar-refractivity contribution in [2.75, 3.05) is 20.1 Å². The van der Waals surface area contributed by atoms with Crippen LogP contribution in [0.3, 0.4) is 0 Å². The van der Waals surface area contributed by atoms with Crippen LogP contribution in [-0.2, 0) is 11.3 Å². The first-order valence-corrected chi connectivity index (χ1v) is 5.92. The zero-order chi connectivity index (χ0) is 12.1. The van der Waals surface area contributed by atoms with Gasteiger partial charge in [-0.1, -0.05) is 30.3 Å². The van der Waals surface area contributed by atoms with Gasteiger partial charge in [-0.15, -0.1) is 0 Å². The Balaban J connectivity index is 1.71. The fourth-order valence-corrected chi connectivity index (χ4v) is 1.84. The minimum absolute atomic E-state index is 0.00223. The van der Waals surface area contributed by atoms with Crippen molar-refractivity contribution in [2.45, 2.75) is 19.1 Å². The molecule has 4 nitrogen and oxygen atoms in total. The van der Waals surface area contributed by atoms with Crippen LogP contribution in [0, 0.1) is 0 Å². The van der Waals surface area contributed by atoms with Gasteiger partial charge in [-0.2, -0.15) is 0 Å². The second-order valence-electron chi connectivity index (χ2n) is 4.33. The van der Waals surface area contributed by atoms with Crippen molar-refractivity contribution >= 4 is 6.09 Å². The Kier molecular flexibility index (Phi) is 3.98. The highest BCUT2D eigenvalue weighted by Crippen LogP contribution is 2.09. The van der Waals surface area contributed by atoms with Gasteiger partial charge < -0.3 is 15.0 Å². The largest absolute Gasteiger partial charge is 0.445 e. The highest BCUT2D eigenvalue weighted by Gasteiger charge is 2.23. The monoisotopic (exact) mass is 234 g/mol. The highest BCUT2D eigenvalue weighted by atomic mass is 16.6. The summed E-state index contributed by atoms with van der Waals surface area (Å²) in [7, 11) is 1.76. The van der Waals surface area contributed by atoms with E-state index in [9.17, 15) is 4.79 Å². The fraction of sp³-hybridized carbons (Fsp3) is 0.462. The molecule has 0 aliphatic carbocycles. The van der Waals surface area contributed by atoms with E-state index in [0.717, 1.165) is 19.5 Å². The first-order valence-electron chi connectivity index (χ1n) is 5.92. The molecule has 17 heavy (non-hydrogen) atoms. The molecule has 0 unspecified atom stereocenters. The number of hydrogen-bond donors (Lipinski definition) is 1. The van der Waals surface area contributed by atoms with E-state index in [1.807, 2.05) is 18.2 Å². The quantitative estimate of drug-likeness (QED) is 0.860. The summed E-state index contributed by atoms with van der Waals surface area (Å²) >= 11 is 0. The van der Waals surface area contributed by atoms with Gasteiger partial charge in [0.25, 0.3) is 0 Å². The third-order valence-electron chi connectivity index (χ3n) is 2.91. The van der Waals surface area contributed by atoms with Gasteiger partial charge in [-0.25, -0.2) is 4.79 Å². The molecular formula is C13H18N2O2. The van der Waals surface area contributed by atoms with E-state index in [2.05, 4.69) is 17.4 Å². The van der Waals surface area contributed by atoms with Gasteiger partial charge in [0.15, 0.2) is 0 Å². The van der Waals surface area contributed by atoms with Crippen molar-refractivity contribution in [2.24, 2.45) is 0 Å². The number of nitrogens with zero attached hydrogens (tertiary/aromatic N) is 1. The van der Waals surface area contributed by atoms with Crippen LogP contribution in [0.5, 0.6) is 0 Å². The maximum Gasteiger partial charge on any atom is 0.409 e. The summed E-state index contributed by atoms with van der Waals surface area (Å²) in [6, 6.07) is 10.2. The van der Waals surface area contributed by atoms with E-state index >= 15 is 0 Å². The topological polar surface area (TPSA) is 41.6 Å². The minimum Gasteiger partial charge on any atom is -0.445 e. The van der Waals surface area contributed by atoms with Gasteiger partial charge in [0, 0.05) is 33.1 Å². The summed E-state index contributed by atoms with van der Waals surface area (Å²) in [6.07, 6.45) is 0.675. The molecule has 1 fully saturated rings. The molecule has 0 spiro atoms. The van der Waals surface area contributed by atoms with Crippen LogP contribution in [0.4, 0.5) is 4.79 Å². The Morgan fingerprint density at radius 2 is 2.18 bits per heavy atom. The van der Waals surface area contributed by atoms with E-state index in [1.165, 1.54) is 5.56 Å². The van der Waals surface area contributed by atoms with E-state index in [-0.39, 0.29) is 12.2 Å². The third kappa shape index (κ3) is 3.46. The van der Waals surface area contributed by atoms with Crippen molar-refractivity contribution in [3.63, 3.8) is 0 Å². The molecule has 1 heterocycles. The van der Waals surface area contributed by atoms with E-state index in [1.54, 1.807) is 11.9 Å². The lowest BCUT2D eigenvalue weighted by atomic mass is 10.2. The lowest BCUT2D eigenvalue weighted by Gasteiger charge is -2.29. The number of rotatable bonds is 4. The molecule has 0 bridgehead atoms. The summed E-state index contributed by atoms with van der Waals surface area (Å²) in [5.41, 5.74) is 1.24. The smallest absolute Gasteiger partial charge is 0.409 e. The van der Waals surface area contributed by atoms with Crippen LogP contribution in [0.2, 0.25) is 0 Å². The predicted octanol–water partition coefficient (Wildman–Crippen LogP) is 1.62. The zero-order valence-corrected chi connectivity index (χ0v) is 10.1. The molecule has 1 amide bonds. The SMILES string of the molecule is CN1CC[C@@H](CNCc2ccccc2)OC1=O. The Labute approximate surface area is 102 Å². The molecule has 1 N–H and O–H groups in total. The Bertz CT molecular complexity index is 367. The summed E-state index contributed by atoms with van der Waals surface area (Å²) < 4.78 is 5.26. The molecule has 1 saturated heterocycles. The van der Waals surface area contributed by atoms with Crippen molar-refractivity contribution in [3.05, 3.63) is 35.9 Å². The highest BCUT2D eigenvalue weighted by molar-refractivity contribution is 5.68. The molecule has 0 radical (unpaired) electrons. The van der Waals surface area contributed by atoms with Crippen molar-refractivity contribution in [1.82, 2.24) is 10.2 Å². The van der Waals surface area contributed by atoms with Crippen LogP contribution in [0.1, 0.15) is 12.0 Å². The number of ether oxygens (including phenoxy) is 1. The second kappa shape index (κ2) is 5.68. The predicted molar refractivity (Wildman–Crippen MR) is 65.7 cm³/mol. The second-order valence-corrected chi connectivity index (χ2v) is 4.33. The molecule has 1 aromatic carbocycles. The first-order chi connectivity index (χ1) is 8.25. The van der Waals surface area contributed by atoms with Crippen LogP contribution < -0.4 is 5.32 Å². The molecule has 1 aliphatic heterocycles. The molecule has 1 aliphatic rings. The summed E-state index contributed by atoms with van der Waals surface area (Å²) in [4.78, 5) is 12.9. The normalized spacial score (nSPS) is 20.2. The number of amides is 1. The minimum atomic E-state index is -0.220. The number of nitrogens with one attached hydrogen (secondary N) is 1. The molecule has 4 heteroatoms. The maximum absolute atomic E-state index is 11.3. The van der Waals surface area contributed by atoms with Gasteiger partial charge in [0.2, 0.25) is 0 Å². The molecule has 1 aromatic rings. The van der Waals surface area contributed by atoms with Gasteiger partial charge in [-0.05, 0) is 5.56 Å². The first kappa shape index (κ1) is 11.9. The fourth-order valence-electron chi connectivity index (χ4n) is 1.84. The van der Waals surface area contributed by atoms with Crippen molar-refractivity contribution in [1.29, 1.82) is 0 Å². The summed E-state index contributed by atoms with van der Waals surface area (Å²) in [5.74, 6) is 0. The number of benzene rings is 1. The average molecular weight is 234 g/mol. The molecule has 1 atom stereocenters. The van der Waals surface area contributed by atoms with Crippen LogP contribution >= 0.6 is 0 Å².